The van der Waals surface area contributed by atoms with E-state index >= 15 is 0 Å². The molecule has 5 heteroatoms. The first kappa shape index (κ1) is 17.5. The van der Waals surface area contributed by atoms with Crippen LogP contribution < -0.4 is 9.62 Å². The Morgan fingerprint density at radius 2 is 1.64 bits per heavy atom. The van der Waals surface area contributed by atoms with Gasteiger partial charge in [0.15, 0.2) is 0 Å². The molecule has 0 aliphatic carbocycles. The molecule has 132 valence electrons. The highest BCUT2D eigenvalue weighted by atomic mass is 32.2. The van der Waals surface area contributed by atoms with Crippen molar-refractivity contribution in [3.8, 4) is 0 Å². The number of para-hydroxylation sites is 2. The summed E-state index contributed by atoms with van der Waals surface area (Å²) >= 11 is 0. The first-order valence-corrected chi connectivity index (χ1v) is 10.2. The van der Waals surface area contributed by atoms with Gasteiger partial charge in [-0.2, -0.15) is 0 Å². The molecule has 1 N–H and O–H groups in total. The van der Waals surface area contributed by atoms with Crippen LogP contribution in [-0.2, 0) is 10.0 Å². The zero-order valence-corrected chi connectivity index (χ0v) is 15.3. The molecule has 0 radical (unpaired) electrons. The number of rotatable bonds is 5. The van der Waals surface area contributed by atoms with E-state index < -0.39 is 10.0 Å². The van der Waals surface area contributed by atoms with Crippen molar-refractivity contribution in [3.63, 3.8) is 0 Å². The molecular weight excluding hydrogens is 332 g/mol. The van der Waals surface area contributed by atoms with Gasteiger partial charge in [-0.15, -0.1) is 0 Å². The summed E-state index contributed by atoms with van der Waals surface area (Å²) in [6.07, 6.45) is 5.15. The van der Waals surface area contributed by atoms with Crippen LogP contribution in [0.1, 0.15) is 30.4 Å². The van der Waals surface area contributed by atoms with Crippen molar-refractivity contribution in [1.82, 2.24) is 0 Å². The standard InChI is InChI=1S/C20H24N2O2S/c1-17-9-11-18(12-10-17)13-16-25(23,24)21-19-7-3-4-8-20(19)22-14-5-2-6-15-22/h3-4,7-13,16,21H,2,5-6,14-15H2,1H3/b16-13+. The molecule has 0 amide bonds. The van der Waals surface area contributed by atoms with E-state index in [4.69, 9.17) is 0 Å². The van der Waals surface area contributed by atoms with Crippen LogP contribution in [0, 0.1) is 6.92 Å². The number of hydrogen-bond donors (Lipinski definition) is 1. The second kappa shape index (κ2) is 7.74. The average Bonchev–Trinajstić information content (AvgIpc) is 2.62. The maximum atomic E-state index is 12.5. The van der Waals surface area contributed by atoms with Gasteiger partial charge in [-0.05, 0) is 50.0 Å². The van der Waals surface area contributed by atoms with Crippen molar-refractivity contribution in [2.75, 3.05) is 22.7 Å². The molecule has 0 unspecified atom stereocenters. The van der Waals surface area contributed by atoms with Crippen LogP contribution in [0.15, 0.2) is 53.9 Å². The second-order valence-corrected chi connectivity index (χ2v) is 7.99. The highest BCUT2D eigenvalue weighted by Gasteiger charge is 2.16. The van der Waals surface area contributed by atoms with Crippen LogP contribution in [0.4, 0.5) is 11.4 Å². The molecule has 1 saturated heterocycles. The Kier molecular flexibility index (Phi) is 5.43. The zero-order chi connectivity index (χ0) is 17.7. The molecule has 0 aromatic heterocycles. The van der Waals surface area contributed by atoms with E-state index in [-0.39, 0.29) is 0 Å². The molecule has 1 heterocycles. The predicted molar refractivity (Wildman–Crippen MR) is 105 cm³/mol. The van der Waals surface area contributed by atoms with E-state index in [1.165, 1.54) is 11.8 Å². The molecule has 0 atom stereocenters. The first-order chi connectivity index (χ1) is 12.0. The first-order valence-electron chi connectivity index (χ1n) is 8.65. The monoisotopic (exact) mass is 356 g/mol. The Hall–Kier alpha value is -2.27. The SMILES string of the molecule is Cc1ccc(/C=C/S(=O)(=O)Nc2ccccc2N2CCCCC2)cc1. The fourth-order valence-electron chi connectivity index (χ4n) is 3.00. The number of aryl methyl sites for hydroxylation is 1. The highest BCUT2D eigenvalue weighted by molar-refractivity contribution is 7.95. The van der Waals surface area contributed by atoms with E-state index in [0.29, 0.717) is 5.69 Å². The molecule has 2 aromatic rings. The normalized spacial score (nSPS) is 15.5. The van der Waals surface area contributed by atoms with Crippen molar-refractivity contribution >= 4 is 27.5 Å². The molecule has 25 heavy (non-hydrogen) atoms. The molecule has 1 fully saturated rings. The van der Waals surface area contributed by atoms with Crippen LogP contribution in [-0.4, -0.2) is 21.5 Å². The Morgan fingerprint density at radius 3 is 2.36 bits per heavy atom. The average molecular weight is 356 g/mol. The summed E-state index contributed by atoms with van der Waals surface area (Å²) in [7, 11) is -3.56. The van der Waals surface area contributed by atoms with Gasteiger partial charge in [0, 0.05) is 13.1 Å². The summed E-state index contributed by atoms with van der Waals surface area (Å²) in [5, 5.41) is 1.23. The number of benzene rings is 2. The minimum absolute atomic E-state index is 0.637. The van der Waals surface area contributed by atoms with Crippen molar-refractivity contribution in [1.29, 1.82) is 0 Å². The molecule has 0 spiro atoms. The van der Waals surface area contributed by atoms with Gasteiger partial charge in [-0.25, -0.2) is 8.42 Å². The van der Waals surface area contributed by atoms with Gasteiger partial charge in [0.1, 0.15) is 0 Å². The third-order valence-electron chi connectivity index (χ3n) is 4.37. The van der Waals surface area contributed by atoms with E-state index in [0.717, 1.165) is 42.7 Å². The third kappa shape index (κ3) is 4.86. The van der Waals surface area contributed by atoms with Gasteiger partial charge in [-0.3, -0.25) is 4.72 Å². The van der Waals surface area contributed by atoms with Crippen molar-refractivity contribution in [3.05, 3.63) is 65.1 Å². The fraction of sp³-hybridized carbons (Fsp3) is 0.300. The lowest BCUT2D eigenvalue weighted by molar-refractivity contribution is 0.578. The topological polar surface area (TPSA) is 49.4 Å². The predicted octanol–water partition coefficient (Wildman–Crippen LogP) is 4.40. The van der Waals surface area contributed by atoms with Gasteiger partial charge < -0.3 is 4.90 Å². The summed E-state index contributed by atoms with van der Waals surface area (Å²) < 4.78 is 27.6. The van der Waals surface area contributed by atoms with E-state index in [1.807, 2.05) is 55.5 Å². The molecule has 1 aliphatic rings. The molecule has 2 aromatic carbocycles. The molecule has 4 nitrogen and oxygen atoms in total. The van der Waals surface area contributed by atoms with Gasteiger partial charge in [-0.1, -0.05) is 42.0 Å². The van der Waals surface area contributed by atoms with Crippen LogP contribution in [0.2, 0.25) is 0 Å². The Morgan fingerprint density at radius 1 is 0.960 bits per heavy atom. The Balaban J connectivity index is 1.77. The van der Waals surface area contributed by atoms with Crippen LogP contribution in [0.25, 0.3) is 6.08 Å². The highest BCUT2D eigenvalue weighted by Crippen LogP contribution is 2.29. The zero-order valence-electron chi connectivity index (χ0n) is 14.5. The van der Waals surface area contributed by atoms with Gasteiger partial charge in [0.25, 0.3) is 10.0 Å². The van der Waals surface area contributed by atoms with Gasteiger partial charge in [0.05, 0.1) is 16.8 Å². The lowest BCUT2D eigenvalue weighted by Gasteiger charge is -2.30. The van der Waals surface area contributed by atoms with Crippen LogP contribution in [0.5, 0.6) is 0 Å². The lowest BCUT2D eigenvalue weighted by Crippen LogP contribution is -2.30. The van der Waals surface area contributed by atoms with E-state index in [2.05, 4.69) is 9.62 Å². The van der Waals surface area contributed by atoms with Crippen LogP contribution in [0.3, 0.4) is 0 Å². The quantitative estimate of drug-likeness (QED) is 0.864. The number of hydrogen-bond acceptors (Lipinski definition) is 3. The van der Waals surface area contributed by atoms with Crippen molar-refractivity contribution in [2.24, 2.45) is 0 Å². The molecule has 3 rings (SSSR count). The fourth-order valence-corrected chi connectivity index (χ4v) is 3.89. The Bertz CT molecular complexity index is 836. The van der Waals surface area contributed by atoms with Crippen LogP contribution >= 0.6 is 0 Å². The molecule has 1 aliphatic heterocycles. The van der Waals surface area contributed by atoms with Crippen molar-refractivity contribution < 1.29 is 8.42 Å². The molecule has 0 saturated carbocycles. The third-order valence-corrected chi connectivity index (χ3v) is 5.37. The minimum Gasteiger partial charge on any atom is -0.370 e. The number of anilines is 2. The largest absolute Gasteiger partial charge is 0.370 e. The summed E-state index contributed by atoms with van der Waals surface area (Å²) in [4.78, 5) is 2.26. The second-order valence-electron chi connectivity index (χ2n) is 6.43. The van der Waals surface area contributed by atoms with Crippen molar-refractivity contribution in [2.45, 2.75) is 26.2 Å². The molecular formula is C20H24N2O2S. The maximum absolute atomic E-state index is 12.5. The molecule has 0 bridgehead atoms. The minimum atomic E-state index is -3.56. The number of nitrogens with one attached hydrogen (secondary N) is 1. The number of nitrogens with zero attached hydrogens (tertiary/aromatic N) is 1. The number of piperidine rings is 1. The lowest BCUT2D eigenvalue weighted by atomic mass is 10.1. The number of sulfonamides is 1. The summed E-state index contributed by atoms with van der Waals surface area (Å²) in [6.45, 7) is 3.94. The summed E-state index contributed by atoms with van der Waals surface area (Å²) in [6, 6.07) is 15.3. The summed E-state index contributed by atoms with van der Waals surface area (Å²) in [5.74, 6) is 0. The summed E-state index contributed by atoms with van der Waals surface area (Å²) in [5.41, 5.74) is 3.60. The van der Waals surface area contributed by atoms with Gasteiger partial charge >= 0.3 is 0 Å². The smallest absolute Gasteiger partial charge is 0.255 e. The van der Waals surface area contributed by atoms with Gasteiger partial charge in [0.2, 0.25) is 0 Å². The maximum Gasteiger partial charge on any atom is 0.255 e. The Labute approximate surface area is 150 Å². The van der Waals surface area contributed by atoms with E-state index in [1.54, 1.807) is 6.08 Å². The van der Waals surface area contributed by atoms with E-state index in [9.17, 15) is 8.42 Å².